The summed E-state index contributed by atoms with van der Waals surface area (Å²) in [6.45, 7) is -2.73. The predicted octanol–water partition coefficient (Wildman–Crippen LogP) is 0.514. The standard InChI is InChI=1S/C39H40O17/c40-19-28-35(53-31(46)17-8-23-3-12-26(43)13-4-23)37(50)39(21-41,55-28)56-38-36(54-32(47)18-9-24-5-14-27(44)15-6-24)34(49)33(48)29(52-38)20-51-30(45)16-7-22-1-10-25(42)11-2-22/h1-18,28-29,33-38,40-44,48-50H,19-21H2. The molecule has 0 aliphatic carbocycles. The summed E-state index contributed by atoms with van der Waals surface area (Å²) in [6.07, 6.45) is -7.45. The Morgan fingerprint density at radius 1 is 0.625 bits per heavy atom. The van der Waals surface area contributed by atoms with Crippen molar-refractivity contribution >= 4 is 36.1 Å². The van der Waals surface area contributed by atoms with Crippen molar-refractivity contribution in [2.45, 2.75) is 54.8 Å². The van der Waals surface area contributed by atoms with Gasteiger partial charge in [-0.3, -0.25) is 0 Å². The fourth-order valence-corrected chi connectivity index (χ4v) is 5.66. The minimum Gasteiger partial charge on any atom is -0.508 e. The molecule has 3 aromatic rings. The Hall–Kier alpha value is -5.63. The van der Waals surface area contributed by atoms with E-state index in [-0.39, 0.29) is 17.2 Å². The molecular formula is C39H40O17. The zero-order valence-corrected chi connectivity index (χ0v) is 29.4. The first-order chi connectivity index (χ1) is 26.8. The van der Waals surface area contributed by atoms with Gasteiger partial charge < -0.3 is 69.3 Å². The minimum atomic E-state index is -2.56. The molecule has 2 heterocycles. The maximum atomic E-state index is 13.0. The van der Waals surface area contributed by atoms with Gasteiger partial charge in [0.1, 0.15) is 61.0 Å². The van der Waals surface area contributed by atoms with E-state index in [1.165, 1.54) is 91.0 Å². The molecule has 9 unspecified atom stereocenters. The lowest BCUT2D eigenvalue weighted by Crippen LogP contribution is -2.63. The van der Waals surface area contributed by atoms with E-state index in [2.05, 4.69) is 0 Å². The third-order valence-corrected chi connectivity index (χ3v) is 8.65. The minimum absolute atomic E-state index is 0.0000660. The number of ether oxygens (including phenoxy) is 6. The molecule has 56 heavy (non-hydrogen) atoms. The molecule has 17 nitrogen and oxygen atoms in total. The number of phenols is 3. The quantitative estimate of drug-likeness (QED) is 0.0629. The molecule has 0 aromatic heterocycles. The maximum absolute atomic E-state index is 13.0. The summed E-state index contributed by atoms with van der Waals surface area (Å²) in [5, 5.41) is 82.6. The number of aliphatic hydroxyl groups is 5. The molecule has 0 spiro atoms. The van der Waals surface area contributed by atoms with Crippen molar-refractivity contribution in [1.29, 1.82) is 0 Å². The van der Waals surface area contributed by atoms with Gasteiger partial charge in [-0.25, -0.2) is 14.4 Å². The van der Waals surface area contributed by atoms with Gasteiger partial charge in [-0.15, -0.1) is 0 Å². The van der Waals surface area contributed by atoms with E-state index >= 15 is 0 Å². The SMILES string of the molecule is O=C(C=Cc1ccc(O)cc1)OCC1OC(OC2(CO)OC(CO)C(OC(=O)C=Cc3ccc(O)cc3)C2O)C(OC(=O)C=Cc2ccc(O)cc2)C(O)C1O. The molecule has 0 bridgehead atoms. The van der Waals surface area contributed by atoms with E-state index in [4.69, 9.17) is 28.4 Å². The topological polar surface area (TPSA) is 268 Å². The lowest BCUT2D eigenvalue weighted by atomic mass is 9.98. The van der Waals surface area contributed by atoms with E-state index in [0.717, 1.165) is 18.2 Å². The monoisotopic (exact) mass is 780 g/mol. The van der Waals surface area contributed by atoms with Crippen molar-refractivity contribution < 1.29 is 83.7 Å². The van der Waals surface area contributed by atoms with Crippen molar-refractivity contribution in [3.05, 3.63) is 108 Å². The summed E-state index contributed by atoms with van der Waals surface area (Å²) in [4.78, 5) is 38.2. The number of aliphatic hydroxyl groups excluding tert-OH is 5. The van der Waals surface area contributed by atoms with E-state index in [1.54, 1.807) is 0 Å². The van der Waals surface area contributed by atoms with Gasteiger partial charge in [-0.1, -0.05) is 36.4 Å². The number of carbonyl (C=O) groups excluding carboxylic acids is 3. The van der Waals surface area contributed by atoms with Gasteiger partial charge >= 0.3 is 17.9 Å². The Morgan fingerprint density at radius 2 is 1.07 bits per heavy atom. The molecule has 8 N–H and O–H groups in total. The van der Waals surface area contributed by atoms with Crippen molar-refractivity contribution in [2.24, 2.45) is 0 Å². The first kappa shape index (κ1) is 41.5. The second-order valence-corrected chi connectivity index (χ2v) is 12.6. The van der Waals surface area contributed by atoms with Gasteiger partial charge in [-0.2, -0.15) is 0 Å². The van der Waals surface area contributed by atoms with Gasteiger partial charge in [-0.05, 0) is 71.3 Å². The Labute approximate surface area is 319 Å². The van der Waals surface area contributed by atoms with Crippen LogP contribution in [0.1, 0.15) is 16.7 Å². The second-order valence-electron chi connectivity index (χ2n) is 12.6. The van der Waals surface area contributed by atoms with Crippen molar-refractivity contribution in [3.8, 4) is 17.2 Å². The summed E-state index contributed by atoms with van der Waals surface area (Å²) >= 11 is 0. The van der Waals surface area contributed by atoms with Crippen LogP contribution in [0.2, 0.25) is 0 Å². The van der Waals surface area contributed by atoms with Crippen LogP contribution in [0.4, 0.5) is 0 Å². The fraction of sp³-hybridized carbons (Fsp3) is 0.308. The largest absolute Gasteiger partial charge is 0.508 e. The van der Waals surface area contributed by atoms with Crippen LogP contribution in [0.25, 0.3) is 18.2 Å². The highest BCUT2D eigenvalue weighted by Crippen LogP contribution is 2.38. The highest BCUT2D eigenvalue weighted by molar-refractivity contribution is 5.88. The van der Waals surface area contributed by atoms with Crippen LogP contribution in [-0.4, -0.2) is 133 Å². The average Bonchev–Trinajstić information content (AvgIpc) is 3.45. The molecule has 17 heteroatoms. The fourth-order valence-electron chi connectivity index (χ4n) is 5.66. The lowest BCUT2D eigenvalue weighted by Gasteiger charge is -2.44. The molecule has 2 saturated heterocycles. The molecule has 0 amide bonds. The first-order valence-corrected chi connectivity index (χ1v) is 17.1. The van der Waals surface area contributed by atoms with Crippen molar-refractivity contribution in [1.82, 2.24) is 0 Å². The third kappa shape index (κ3) is 10.6. The molecule has 5 rings (SSSR count). The van der Waals surface area contributed by atoms with E-state index in [9.17, 15) is 55.2 Å². The van der Waals surface area contributed by atoms with E-state index in [0.29, 0.717) is 16.7 Å². The number of hydrogen-bond donors (Lipinski definition) is 8. The highest BCUT2D eigenvalue weighted by Gasteiger charge is 2.60. The lowest BCUT2D eigenvalue weighted by molar-refractivity contribution is -0.383. The smallest absolute Gasteiger partial charge is 0.331 e. The highest BCUT2D eigenvalue weighted by atomic mass is 16.8. The summed E-state index contributed by atoms with van der Waals surface area (Å²) in [7, 11) is 0. The van der Waals surface area contributed by atoms with E-state index in [1.807, 2.05) is 0 Å². The maximum Gasteiger partial charge on any atom is 0.331 e. The second kappa shape index (κ2) is 18.8. The normalized spacial score (nSPS) is 27.8. The van der Waals surface area contributed by atoms with Crippen LogP contribution in [-0.2, 0) is 42.8 Å². The van der Waals surface area contributed by atoms with Crippen LogP contribution in [0.5, 0.6) is 17.2 Å². The molecule has 2 aliphatic heterocycles. The molecule has 2 fully saturated rings. The summed E-state index contributed by atoms with van der Waals surface area (Å²) in [6, 6.07) is 17.4. The summed E-state index contributed by atoms with van der Waals surface area (Å²) < 4.78 is 33.4. The molecular weight excluding hydrogens is 740 g/mol. The predicted molar refractivity (Wildman–Crippen MR) is 192 cm³/mol. The number of carbonyl (C=O) groups is 3. The first-order valence-electron chi connectivity index (χ1n) is 17.1. The Kier molecular flexibility index (Phi) is 13.9. The number of hydrogen-bond acceptors (Lipinski definition) is 17. The van der Waals surface area contributed by atoms with Crippen LogP contribution >= 0.6 is 0 Å². The van der Waals surface area contributed by atoms with Gasteiger partial charge in [0, 0.05) is 18.2 Å². The Balaban J connectivity index is 1.34. The summed E-state index contributed by atoms with van der Waals surface area (Å²) in [5.41, 5.74) is 1.53. The zero-order chi connectivity index (χ0) is 40.4. The van der Waals surface area contributed by atoms with Crippen molar-refractivity contribution in [3.63, 3.8) is 0 Å². The van der Waals surface area contributed by atoms with Crippen LogP contribution < -0.4 is 0 Å². The van der Waals surface area contributed by atoms with E-state index < -0.39 is 92.5 Å². The molecule has 2 aliphatic rings. The molecule has 0 saturated carbocycles. The van der Waals surface area contributed by atoms with Gasteiger partial charge in [0.15, 0.2) is 12.2 Å². The van der Waals surface area contributed by atoms with Gasteiger partial charge in [0.25, 0.3) is 0 Å². The van der Waals surface area contributed by atoms with Crippen LogP contribution in [0.3, 0.4) is 0 Å². The zero-order valence-electron chi connectivity index (χ0n) is 29.4. The number of esters is 3. The molecule has 0 radical (unpaired) electrons. The third-order valence-electron chi connectivity index (χ3n) is 8.65. The average molecular weight is 781 g/mol. The number of rotatable bonds is 14. The molecule has 9 atom stereocenters. The Bertz CT molecular complexity index is 1870. The Morgan fingerprint density at radius 3 is 1.52 bits per heavy atom. The molecule has 3 aromatic carbocycles. The number of phenolic OH excluding ortho intramolecular Hbond substituents is 3. The number of aromatic hydroxyl groups is 3. The van der Waals surface area contributed by atoms with Gasteiger partial charge in [0.05, 0.1) is 6.61 Å². The number of benzene rings is 3. The van der Waals surface area contributed by atoms with Crippen LogP contribution in [0, 0.1) is 0 Å². The molecule has 298 valence electrons. The van der Waals surface area contributed by atoms with Crippen LogP contribution in [0.15, 0.2) is 91.0 Å². The summed E-state index contributed by atoms with van der Waals surface area (Å²) in [5.74, 6) is -5.55. The van der Waals surface area contributed by atoms with Gasteiger partial charge in [0.2, 0.25) is 12.1 Å². The van der Waals surface area contributed by atoms with Crippen molar-refractivity contribution in [2.75, 3.05) is 19.8 Å².